The van der Waals surface area contributed by atoms with E-state index in [0.717, 1.165) is 25.7 Å². The first-order valence-electron chi connectivity index (χ1n) is 5.56. The maximum absolute atomic E-state index is 11.5. The van der Waals surface area contributed by atoms with E-state index in [9.17, 15) is 4.79 Å². The van der Waals surface area contributed by atoms with Crippen molar-refractivity contribution in [2.24, 2.45) is 5.92 Å². The predicted octanol–water partition coefficient (Wildman–Crippen LogP) is 1.72. The summed E-state index contributed by atoms with van der Waals surface area (Å²) in [5.41, 5.74) is 0. The normalized spacial score (nSPS) is 18.3. The van der Waals surface area contributed by atoms with Crippen molar-refractivity contribution in [3.63, 3.8) is 0 Å². The van der Waals surface area contributed by atoms with Crippen LogP contribution in [0.1, 0.15) is 39.5 Å². The number of methoxy groups -OCH3 is 1. The van der Waals surface area contributed by atoms with Gasteiger partial charge in [0.1, 0.15) is 6.04 Å². The fraction of sp³-hybridized carbons (Fsp3) is 0.909. The van der Waals surface area contributed by atoms with Crippen LogP contribution in [0.15, 0.2) is 0 Å². The van der Waals surface area contributed by atoms with Crippen LogP contribution in [0.2, 0.25) is 0 Å². The molecule has 3 nitrogen and oxygen atoms in total. The van der Waals surface area contributed by atoms with Crippen molar-refractivity contribution in [1.82, 2.24) is 5.32 Å². The molecule has 0 amide bonds. The Morgan fingerprint density at radius 3 is 2.36 bits per heavy atom. The van der Waals surface area contributed by atoms with Crippen LogP contribution in [0.3, 0.4) is 0 Å². The molecule has 1 rings (SSSR count). The smallest absolute Gasteiger partial charge is 0.323 e. The molecule has 0 aromatic rings. The number of hydrogen-bond acceptors (Lipinski definition) is 3. The summed E-state index contributed by atoms with van der Waals surface area (Å²) in [6.45, 7) is 4.28. The molecule has 0 aliphatic heterocycles. The van der Waals surface area contributed by atoms with Crippen molar-refractivity contribution in [2.75, 3.05) is 7.11 Å². The molecule has 3 heteroatoms. The lowest BCUT2D eigenvalue weighted by molar-refractivity contribution is -0.144. The molecule has 1 N–H and O–H groups in total. The van der Waals surface area contributed by atoms with Gasteiger partial charge in [-0.15, -0.1) is 0 Å². The Hall–Kier alpha value is -0.570. The van der Waals surface area contributed by atoms with Crippen LogP contribution in [0.25, 0.3) is 0 Å². The van der Waals surface area contributed by atoms with Crippen LogP contribution >= 0.6 is 0 Å². The molecule has 82 valence electrons. The minimum Gasteiger partial charge on any atom is -0.468 e. The molecule has 0 spiro atoms. The Bertz CT molecular complexity index is 186. The highest BCUT2D eigenvalue weighted by Gasteiger charge is 2.37. The molecule has 0 aromatic carbocycles. The van der Waals surface area contributed by atoms with Crippen molar-refractivity contribution < 1.29 is 9.53 Å². The van der Waals surface area contributed by atoms with Gasteiger partial charge in [-0.1, -0.05) is 13.8 Å². The van der Waals surface area contributed by atoms with Crippen LogP contribution < -0.4 is 5.32 Å². The summed E-state index contributed by atoms with van der Waals surface area (Å²) in [5, 5.41) is 3.39. The number of ether oxygens (including phenoxy) is 1. The molecular weight excluding hydrogens is 178 g/mol. The summed E-state index contributed by atoms with van der Waals surface area (Å²) in [5.74, 6) is 0.419. The second-order valence-electron chi connectivity index (χ2n) is 4.02. The second kappa shape index (κ2) is 5.35. The third-order valence-corrected chi connectivity index (χ3v) is 2.95. The lowest BCUT2D eigenvalue weighted by Crippen LogP contribution is -2.44. The fourth-order valence-corrected chi connectivity index (χ4v) is 1.73. The number of rotatable bonds is 6. The summed E-state index contributed by atoms with van der Waals surface area (Å²) >= 11 is 0. The molecule has 0 heterocycles. The van der Waals surface area contributed by atoms with Crippen molar-refractivity contribution in [2.45, 2.75) is 51.6 Å². The molecule has 1 atom stereocenters. The Labute approximate surface area is 86.2 Å². The third-order valence-electron chi connectivity index (χ3n) is 2.95. The van der Waals surface area contributed by atoms with Gasteiger partial charge >= 0.3 is 5.97 Å². The van der Waals surface area contributed by atoms with E-state index in [2.05, 4.69) is 19.2 Å². The zero-order valence-electron chi connectivity index (χ0n) is 9.38. The fourth-order valence-electron chi connectivity index (χ4n) is 1.73. The van der Waals surface area contributed by atoms with Gasteiger partial charge < -0.3 is 10.1 Å². The minimum atomic E-state index is -0.0978. The molecule has 1 aliphatic carbocycles. The predicted molar refractivity (Wildman–Crippen MR) is 56.0 cm³/mol. The molecule has 14 heavy (non-hydrogen) atoms. The van der Waals surface area contributed by atoms with Gasteiger partial charge in [0.05, 0.1) is 7.11 Å². The van der Waals surface area contributed by atoms with Gasteiger partial charge in [-0.05, 0) is 31.6 Å². The highest BCUT2D eigenvalue weighted by atomic mass is 16.5. The van der Waals surface area contributed by atoms with E-state index < -0.39 is 0 Å². The van der Waals surface area contributed by atoms with Crippen LogP contribution in [0.5, 0.6) is 0 Å². The average molecular weight is 199 g/mol. The Morgan fingerprint density at radius 1 is 1.43 bits per heavy atom. The average Bonchev–Trinajstić information content (AvgIpc) is 3.02. The summed E-state index contributed by atoms with van der Waals surface area (Å²) in [6, 6.07) is 0.379. The highest BCUT2D eigenvalue weighted by Crippen LogP contribution is 2.33. The number of nitrogens with one attached hydrogen (secondary N) is 1. The Kier molecular flexibility index (Phi) is 4.39. The summed E-state index contributed by atoms with van der Waals surface area (Å²) in [4.78, 5) is 11.5. The number of carbonyl (C=O) groups excluding carboxylic acids is 1. The van der Waals surface area contributed by atoms with Crippen molar-refractivity contribution in [1.29, 1.82) is 0 Å². The molecule has 0 bridgehead atoms. The standard InChI is InChI=1S/C11H21NO2/c1-4-9(5-2)12-10(8-6-7-8)11(13)14-3/h8-10,12H,4-7H2,1-3H3. The van der Waals surface area contributed by atoms with Crippen molar-refractivity contribution >= 4 is 5.97 Å². The molecule has 1 aliphatic rings. The molecule has 0 radical (unpaired) electrons. The molecule has 0 aromatic heterocycles. The van der Waals surface area contributed by atoms with E-state index in [1.807, 2.05) is 0 Å². The number of carbonyl (C=O) groups is 1. The van der Waals surface area contributed by atoms with Crippen LogP contribution in [-0.4, -0.2) is 25.2 Å². The molecule has 0 saturated heterocycles. The van der Waals surface area contributed by atoms with Gasteiger partial charge in [-0.3, -0.25) is 4.79 Å². The molecule has 1 unspecified atom stereocenters. The summed E-state index contributed by atoms with van der Waals surface area (Å²) in [7, 11) is 1.46. The minimum absolute atomic E-state index is 0.0649. The first kappa shape index (κ1) is 11.5. The van der Waals surface area contributed by atoms with E-state index in [1.54, 1.807) is 0 Å². The Balaban J connectivity index is 2.45. The van der Waals surface area contributed by atoms with E-state index in [-0.39, 0.29) is 12.0 Å². The van der Waals surface area contributed by atoms with E-state index in [4.69, 9.17) is 4.74 Å². The van der Waals surface area contributed by atoms with Gasteiger partial charge in [-0.25, -0.2) is 0 Å². The second-order valence-corrected chi connectivity index (χ2v) is 4.02. The van der Waals surface area contributed by atoms with E-state index in [1.165, 1.54) is 7.11 Å². The monoisotopic (exact) mass is 199 g/mol. The Morgan fingerprint density at radius 2 is 2.00 bits per heavy atom. The van der Waals surface area contributed by atoms with E-state index >= 15 is 0 Å². The van der Waals surface area contributed by atoms with Crippen LogP contribution in [0.4, 0.5) is 0 Å². The van der Waals surface area contributed by atoms with Crippen LogP contribution in [-0.2, 0) is 9.53 Å². The lowest BCUT2D eigenvalue weighted by Gasteiger charge is -2.22. The summed E-state index contributed by atoms with van der Waals surface area (Å²) in [6.07, 6.45) is 4.45. The zero-order valence-corrected chi connectivity index (χ0v) is 9.38. The van der Waals surface area contributed by atoms with Crippen molar-refractivity contribution in [3.05, 3.63) is 0 Å². The van der Waals surface area contributed by atoms with Gasteiger partial charge in [0.25, 0.3) is 0 Å². The lowest BCUT2D eigenvalue weighted by atomic mass is 10.1. The maximum Gasteiger partial charge on any atom is 0.323 e. The number of hydrogen-bond donors (Lipinski definition) is 1. The quantitative estimate of drug-likeness (QED) is 0.662. The maximum atomic E-state index is 11.5. The SMILES string of the molecule is CCC(CC)NC(C(=O)OC)C1CC1. The molecule has 1 saturated carbocycles. The van der Waals surface area contributed by atoms with Gasteiger partial charge in [-0.2, -0.15) is 0 Å². The zero-order chi connectivity index (χ0) is 10.6. The summed E-state index contributed by atoms with van der Waals surface area (Å²) < 4.78 is 4.80. The first-order valence-corrected chi connectivity index (χ1v) is 5.56. The van der Waals surface area contributed by atoms with Gasteiger partial charge in [0.2, 0.25) is 0 Å². The molecule has 1 fully saturated rings. The largest absolute Gasteiger partial charge is 0.468 e. The number of esters is 1. The third kappa shape index (κ3) is 2.98. The van der Waals surface area contributed by atoms with Crippen molar-refractivity contribution in [3.8, 4) is 0 Å². The first-order chi connectivity index (χ1) is 6.72. The van der Waals surface area contributed by atoms with Gasteiger partial charge in [0, 0.05) is 6.04 Å². The topological polar surface area (TPSA) is 38.3 Å². The molecular formula is C11H21NO2. The van der Waals surface area contributed by atoms with Crippen LogP contribution in [0, 0.1) is 5.92 Å². The van der Waals surface area contributed by atoms with Gasteiger partial charge in [0.15, 0.2) is 0 Å². The van der Waals surface area contributed by atoms with E-state index in [0.29, 0.717) is 12.0 Å². The highest BCUT2D eigenvalue weighted by molar-refractivity contribution is 5.76.